The summed E-state index contributed by atoms with van der Waals surface area (Å²) in [5.74, 6) is -1.26. The lowest BCUT2D eigenvalue weighted by molar-refractivity contribution is -0.119. The molecule has 0 atom stereocenters. The van der Waals surface area contributed by atoms with Gasteiger partial charge in [0.2, 0.25) is 5.91 Å². The number of para-hydroxylation sites is 1. The molecule has 0 aliphatic carbocycles. The van der Waals surface area contributed by atoms with Crippen molar-refractivity contribution < 1.29 is 17.6 Å². The second kappa shape index (κ2) is 8.67. The number of nitrogens with one attached hydrogen (secondary N) is 1. The van der Waals surface area contributed by atoms with E-state index < -0.39 is 28.3 Å². The Labute approximate surface area is 163 Å². The number of benzene rings is 3. The van der Waals surface area contributed by atoms with Gasteiger partial charge >= 0.3 is 0 Å². The minimum Gasteiger partial charge on any atom is -0.350 e. The van der Waals surface area contributed by atoms with Crippen LogP contribution in [0.2, 0.25) is 0 Å². The molecule has 3 aromatic rings. The molecule has 0 aromatic heterocycles. The van der Waals surface area contributed by atoms with Crippen molar-refractivity contribution in [2.24, 2.45) is 0 Å². The van der Waals surface area contributed by atoms with E-state index in [0.717, 1.165) is 15.9 Å². The number of carbonyl (C=O) groups is 1. The minimum atomic E-state index is -4.12. The fourth-order valence-corrected chi connectivity index (χ4v) is 4.11. The molecule has 0 unspecified atom stereocenters. The number of halogens is 1. The van der Waals surface area contributed by atoms with Crippen LogP contribution in [0.5, 0.6) is 0 Å². The summed E-state index contributed by atoms with van der Waals surface area (Å²) in [5.41, 5.74) is 0.695. The van der Waals surface area contributed by atoms with Gasteiger partial charge in [0.25, 0.3) is 10.0 Å². The molecule has 5 nitrogen and oxygen atoms in total. The van der Waals surface area contributed by atoms with Crippen LogP contribution in [-0.2, 0) is 21.4 Å². The van der Waals surface area contributed by atoms with E-state index in [4.69, 9.17) is 0 Å². The Balaban J connectivity index is 1.87. The van der Waals surface area contributed by atoms with E-state index in [1.54, 1.807) is 18.2 Å². The molecule has 144 valence electrons. The van der Waals surface area contributed by atoms with Crippen LogP contribution in [0.1, 0.15) is 5.56 Å². The van der Waals surface area contributed by atoms with Gasteiger partial charge in [-0.25, -0.2) is 12.8 Å². The number of rotatable bonds is 7. The summed E-state index contributed by atoms with van der Waals surface area (Å²) in [4.78, 5) is 12.4. The summed E-state index contributed by atoms with van der Waals surface area (Å²) >= 11 is 0. The van der Waals surface area contributed by atoms with Crippen molar-refractivity contribution in [1.29, 1.82) is 0 Å². The van der Waals surface area contributed by atoms with Gasteiger partial charge in [0.15, 0.2) is 0 Å². The lowest BCUT2D eigenvalue weighted by Gasteiger charge is -2.24. The first kappa shape index (κ1) is 19.6. The van der Waals surface area contributed by atoms with Gasteiger partial charge in [-0.15, -0.1) is 0 Å². The summed E-state index contributed by atoms with van der Waals surface area (Å²) in [6.07, 6.45) is 0. The predicted molar refractivity (Wildman–Crippen MR) is 106 cm³/mol. The zero-order valence-electron chi connectivity index (χ0n) is 15.0. The van der Waals surface area contributed by atoms with Crippen molar-refractivity contribution >= 4 is 21.6 Å². The third-order valence-corrected chi connectivity index (χ3v) is 5.85. The number of hydrogen-bond donors (Lipinski definition) is 1. The van der Waals surface area contributed by atoms with Gasteiger partial charge in [0, 0.05) is 6.54 Å². The summed E-state index contributed by atoms with van der Waals surface area (Å²) in [7, 11) is -4.12. The van der Waals surface area contributed by atoms with Gasteiger partial charge < -0.3 is 5.32 Å². The topological polar surface area (TPSA) is 66.5 Å². The van der Waals surface area contributed by atoms with E-state index in [1.165, 1.54) is 30.3 Å². The first-order chi connectivity index (χ1) is 13.5. The smallest absolute Gasteiger partial charge is 0.264 e. The molecule has 0 saturated carbocycles. The van der Waals surface area contributed by atoms with Crippen LogP contribution in [0.25, 0.3) is 0 Å². The minimum absolute atomic E-state index is 0.0193. The zero-order valence-corrected chi connectivity index (χ0v) is 15.8. The predicted octanol–water partition coefficient (Wildman–Crippen LogP) is 3.34. The molecule has 0 radical (unpaired) electrons. The van der Waals surface area contributed by atoms with Crippen molar-refractivity contribution in [3.05, 3.63) is 96.3 Å². The summed E-state index contributed by atoms with van der Waals surface area (Å²) < 4.78 is 41.3. The number of anilines is 1. The van der Waals surface area contributed by atoms with E-state index >= 15 is 0 Å². The van der Waals surface area contributed by atoms with Crippen LogP contribution in [0.15, 0.2) is 89.8 Å². The third-order valence-electron chi connectivity index (χ3n) is 4.07. The maximum atomic E-state index is 14.3. The van der Waals surface area contributed by atoms with Crippen molar-refractivity contribution in [2.45, 2.75) is 11.4 Å². The normalized spacial score (nSPS) is 11.0. The largest absolute Gasteiger partial charge is 0.350 e. The first-order valence-electron chi connectivity index (χ1n) is 8.61. The second-order valence-corrected chi connectivity index (χ2v) is 7.90. The third kappa shape index (κ3) is 4.55. The van der Waals surface area contributed by atoms with Crippen LogP contribution in [-0.4, -0.2) is 20.9 Å². The highest BCUT2D eigenvalue weighted by molar-refractivity contribution is 7.92. The highest BCUT2D eigenvalue weighted by atomic mass is 32.2. The van der Waals surface area contributed by atoms with E-state index in [9.17, 15) is 17.6 Å². The van der Waals surface area contributed by atoms with E-state index in [2.05, 4.69) is 5.32 Å². The molecule has 0 aliphatic rings. The molecule has 3 rings (SSSR count). The molecule has 0 spiro atoms. The van der Waals surface area contributed by atoms with Gasteiger partial charge in [-0.2, -0.15) is 0 Å². The van der Waals surface area contributed by atoms with E-state index in [1.807, 2.05) is 30.3 Å². The lowest BCUT2D eigenvalue weighted by Crippen LogP contribution is -2.41. The summed E-state index contributed by atoms with van der Waals surface area (Å²) in [6.45, 7) is -0.291. The SMILES string of the molecule is O=C(CN(c1ccccc1F)S(=O)(=O)c1ccccc1)NCc1ccccc1. The molecule has 0 heterocycles. The molecule has 1 N–H and O–H groups in total. The van der Waals surface area contributed by atoms with Crippen molar-refractivity contribution in [3.8, 4) is 0 Å². The summed E-state index contributed by atoms with van der Waals surface area (Å²) in [5, 5.41) is 2.67. The Hall–Kier alpha value is -3.19. The zero-order chi connectivity index (χ0) is 20.0. The molecule has 3 aromatic carbocycles. The fraction of sp³-hybridized carbons (Fsp3) is 0.0952. The fourth-order valence-electron chi connectivity index (χ4n) is 2.66. The number of carbonyl (C=O) groups excluding carboxylic acids is 1. The van der Waals surface area contributed by atoms with Gasteiger partial charge in [-0.1, -0.05) is 60.7 Å². The van der Waals surface area contributed by atoms with Crippen LogP contribution in [0.4, 0.5) is 10.1 Å². The molecule has 0 bridgehead atoms. The van der Waals surface area contributed by atoms with Gasteiger partial charge in [0.1, 0.15) is 12.4 Å². The summed E-state index contributed by atoms with van der Waals surface area (Å²) in [6, 6.07) is 22.3. The molecule has 1 amide bonds. The van der Waals surface area contributed by atoms with Gasteiger partial charge in [0.05, 0.1) is 10.6 Å². The molecule has 7 heteroatoms. The maximum absolute atomic E-state index is 14.3. The standard InChI is InChI=1S/C21H19FN2O3S/c22-19-13-7-8-14-20(19)24(28(26,27)18-11-5-2-6-12-18)16-21(25)23-15-17-9-3-1-4-10-17/h1-14H,15-16H2,(H,23,25). The van der Waals surface area contributed by atoms with Crippen molar-refractivity contribution in [1.82, 2.24) is 5.32 Å². The van der Waals surface area contributed by atoms with Crippen molar-refractivity contribution in [3.63, 3.8) is 0 Å². The van der Waals surface area contributed by atoms with Gasteiger partial charge in [-0.05, 0) is 29.8 Å². The Morgan fingerprint density at radius 1 is 0.857 bits per heavy atom. The van der Waals surface area contributed by atoms with E-state index in [0.29, 0.717) is 0 Å². The average molecular weight is 398 g/mol. The number of sulfonamides is 1. The number of nitrogens with zero attached hydrogens (tertiary/aromatic N) is 1. The molecule has 28 heavy (non-hydrogen) atoms. The molecule has 0 aliphatic heterocycles. The average Bonchev–Trinajstić information content (AvgIpc) is 2.72. The Kier molecular flexibility index (Phi) is 6.06. The van der Waals surface area contributed by atoms with Crippen LogP contribution in [0, 0.1) is 5.82 Å². The second-order valence-electron chi connectivity index (χ2n) is 6.04. The monoisotopic (exact) mass is 398 g/mol. The van der Waals surface area contributed by atoms with E-state index in [-0.39, 0.29) is 17.1 Å². The molecule has 0 fully saturated rings. The highest BCUT2D eigenvalue weighted by Gasteiger charge is 2.28. The highest BCUT2D eigenvalue weighted by Crippen LogP contribution is 2.25. The molecule has 0 saturated heterocycles. The first-order valence-corrected chi connectivity index (χ1v) is 10.1. The van der Waals surface area contributed by atoms with Crippen molar-refractivity contribution in [2.75, 3.05) is 10.8 Å². The Morgan fingerprint density at radius 2 is 1.43 bits per heavy atom. The lowest BCUT2D eigenvalue weighted by atomic mass is 10.2. The van der Waals surface area contributed by atoms with Crippen LogP contribution in [0.3, 0.4) is 0 Å². The number of hydrogen-bond acceptors (Lipinski definition) is 3. The Bertz CT molecular complexity index is 1040. The Morgan fingerprint density at radius 3 is 2.07 bits per heavy atom. The quantitative estimate of drug-likeness (QED) is 0.664. The maximum Gasteiger partial charge on any atom is 0.264 e. The van der Waals surface area contributed by atoms with Crippen LogP contribution < -0.4 is 9.62 Å². The molecular weight excluding hydrogens is 379 g/mol. The van der Waals surface area contributed by atoms with Gasteiger partial charge in [-0.3, -0.25) is 9.10 Å². The van der Waals surface area contributed by atoms with Crippen LogP contribution >= 0.6 is 0 Å². The number of amides is 1. The molecular formula is C21H19FN2O3S.